The van der Waals surface area contributed by atoms with E-state index in [9.17, 15) is 9.59 Å². The van der Waals surface area contributed by atoms with E-state index in [-0.39, 0.29) is 0 Å². The molecule has 4 heteroatoms. The van der Waals surface area contributed by atoms with Crippen molar-refractivity contribution in [1.82, 2.24) is 4.98 Å². The first-order valence-corrected chi connectivity index (χ1v) is 5.62. The third kappa shape index (κ3) is 1.27. The molecule has 0 fully saturated rings. The molecule has 0 unspecified atom stereocenters. The van der Waals surface area contributed by atoms with E-state index in [1.54, 1.807) is 6.07 Å². The van der Waals surface area contributed by atoms with E-state index in [1.807, 2.05) is 24.3 Å². The summed E-state index contributed by atoms with van der Waals surface area (Å²) in [5, 5.41) is 0.716. The molecule has 0 saturated carbocycles. The molecule has 0 bridgehead atoms. The molecule has 1 N–H and O–H groups in total. The molecule has 3 nitrogen and oxygen atoms in total. The Kier molecular flexibility index (Phi) is 1.91. The Morgan fingerprint density at radius 2 is 1.81 bits per heavy atom. The fraction of sp³-hybridized carbons (Fsp3) is 0. The normalized spacial score (nSPS) is 11.0. The van der Waals surface area contributed by atoms with E-state index in [1.165, 1.54) is 17.4 Å². The molecule has 0 spiro atoms. The zero-order chi connectivity index (χ0) is 11.1. The minimum Gasteiger partial charge on any atom is -0.353 e. The topological polar surface area (TPSA) is 49.9 Å². The standard InChI is InChI=1S/C12H7NO2S/c14-9-6-5-8-12(11(9)15)16-10-4-2-1-3-7(10)13-8/h1-6,13H. The number of H-pyrrole nitrogens is 1. The third-order valence-corrected chi connectivity index (χ3v) is 3.63. The van der Waals surface area contributed by atoms with Crippen LogP contribution in [0.4, 0.5) is 0 Å². The van der Waals surface area contributed by atoms with Crippen LogP contribution in [0, 0.1) is 9.88 Å². The maximum Gasteiger partial charge on any atom is 0.244 e. The highest BCUT2D eigenvalue weighted by atomic mass is 32.1. The second-order valence-electron chi connectivity index (χ2n) is 3.49. The van der Waals surface area contributed by atoms with Gasteiger partial charge in [0.2, 0.25) is 10.9 Å². The van der Waals surface area contributed by atoms with Gasteiger partial charge in [-0.2, -0.15) is 0 Å². The fourth-order valence-electron chi connectivity index (χ4n) is 1.66. The molecule has 0 aromatic heterocycles. The first-order chi connectivity index (χ1) is 7.75. The largest absolute Gasteiger partial charge is 0.353 e. The lowest BCUT2D eigenvalue weighted by molar-refractivity contribution is 1.27. The van der Waals surface area contributed by atoms with Crippen LogP contribution >= 0.6 is 11.3 Å². The highest BCUT2D eigenvalue weighted by molar-refractivity contribution is 7.16. The lowest BCUT2D eigenvalue weighted by Crippen LogP contribution is -2.23. The molecule has 1 heterocycles. The van der Waals surface area contributed by atoms with Crippen molar-refractivity contribution in [3.8, 4) is 0 Å². The Morgan fingerprint density at radius 3 is 2.69 bits per heavy atom. The maximum absolute atomic E-state index is 11.6. The van der Waals surface area contributed by atoms with Crippen LogP contribution in [0.3, 0.4) is 0 Å². The molecule has 1 aromatic carbocycles. The molecule has 0 saturated heterocycles. The number of nitrogens with one attached hydrogen (secondary N) is 1. The van der Waals surface area contributed by atoms with Crippen molar-refractivity contribution >= 4 is 21.6 Å². The number of aromatic nitrogens is 1. The van der Waals surface area contributed by atoms with E-state index >= 15 is 0 Å². The summed E-state index contributed by atoms with van der Waals surface area (Å²) in [6.45, 7) is 0. The molecule has 16 heavy (non-hydrogen) atoms. The van der Waals surface area contributed by atoms with Crippen LogP contribution in [-0.2, 0) is 0 Å². The van der Waals surface area contributed by atoms with Crippen molar-refractivity contribution in [3.63, 3.8) is 0 Å². The van der Waals surface area contributed by atoms with Crippen molar-refractivity contribution in [2.45, 2.75) is 0 Å². The number of hydrogen-bond donors (Lipinski definition) is 1. The summed E-state index contributed by atoms with van der Waals surface area (Å²) in [7, 11) is 0. The quantitative estimate of drug-likeness (QED) is 0.596. The lowest BCUT2D eigenvalue weighted by atomic mass is 10.3. The van der Waals surface area contributed by atoms with Crippen LogP contribution in [0.25, 0.3) is 10.2 Å². The monoisotopic (exact) mass is 229 g/mol. The van der Waals surface area contributed by atoms with Gasteiger partial charge in [0.05, 0.1) is 15.6 Å². The van der Waals surface area contributed by atoms with E-state index in [0.717, 1.165) is 10.2 Å². The van der Waals surface area contributed by atoms with Gasteiger partial charge < -0.3 is 4.98 Å². The summed E-state index contributed by atoms with van der Waals surface area (Å²) < 4.78 is 1.46. The molecule has 0 radical (unpaired) electrons. The van der Waals surface area contributed by atoms with Crippen molar-refractivity contribution in [2.24, 2.45) is 0 Å². The Morgan fingerprint density at radius 1 is 1.00 bits per heavy atom. The molecule has 1 aromatic rings. The van der Waals surface area contributed by atoms with Gasteiger partial charge in [-0.15, -0.1) is 11.3 Å². The number of para-hydroxylation sites is 1. The van der Waals surface area contributed by atoms with Gasteiger partial charge in [0.15, 0.2) is 0 Å². The zero-order valence-corrected chi connectivity index (χ0v) is 9.01. The van der Waals surface area contributed by atoms with Gasteiger partial charge in [-0.25, -0.2) is 0 Å². The Hall–Kier alpha value is -1.94. The summed E-state index contributed by atoms with van der Waals surface area (Å²) in [4.78, 5) is 26.0. The molecule has 2 aliphatic rings. The van der Waals surface area contributed by atoms with Gasteiger partial charge in [-0.3, -0.25) is 9.59 Å². The van der Waals surface area contributed by atoms with E-state index < -0.39 is 10.9 Å². The van der Waals surface area contributed by atoms with E-state index in [2.05, 4.69) is 4.98 Å². The molecule has 3 rings (SSSR count). The molecular formula is C12H7NO2S. The van der Waals surface area contributed by atoms with Gasteiger partial charge in [0.1, 0.15) is 4.53 Å². The Bertz CT molecular complexity index is 847. The van der Waals surface area contributed by atoms with Crippen LogP contribution in [-0.4, -0.2) is 4.98 Å². The number of fused-ring (bicyclic) bond motifs is 1. The second-order valence-corrected chi connectivity index (χ2v) is 4.54. The van der Waals surface area contributed by atoms with E-state index in [4.69, 9.17) is 0 Å². The van der Waals surface area contributed by atoms with Crippen molar-refractivity contribution < 1.29 is 0 Å². The van der Waals surface area contributed by atoms with Crippen LogP contribution in [0.5, 0.6) is 0 Å². The smallest absolute Gasteiger partial charge is 0.244 e. The van der Waals surface area contributed by atoms with Crippen LogP contribution in [0.15, 0.2) is 46.0 Å². The number of hydrogen-bond acceptors (Lipinski definition) is 3. The van der Waals surface area contributed by atoms with Gasteiger partial charge in [0.25, 0.3) is 0 Å². The van der Waals surface area contributed by atoms with Gasteiger partial charge in [0, 0.05) is 0 Å². The number of rotatable bonds is 0. The summed E-state index contributed by atoms with van der Waals surface area (Å²) in [5.74, 6) is 0. The predicted octanol–water partition coefficient (Wildman–Crippen LogP) is 1.67. The van der Waals surface area contributed by atoms with Crippen molar-refractivity contribution in [3.05, 3.63) is 66.7 Å². The summed E-state index contributed by atoms with van der Waals surface area (Å²) in [5.41, 5.74) is 0.0926. The minimum atomic E-state index is -0.451. The van der Waals surface area contributed by atoms with Crippen LogP contribution in [0.2, 0.25) is 0 Å². The summed E-state index contributed by atoms with van der Waals surface area (Å²) in [6.07, 6.45) is 0. The van der Waals surface area contributed by atoms with Crippen molar-refractivity contribution in [1.29, 1.82) is 0 Å². The molecule has 0 atom stereocenters. The summed E-state index contributed by atoms with van der Waals surface area (Å²) in [6, 6.07) is 10.7. The number of benzene rings is 1. The fourth-order valence-corrected chi connectivity index (χ4v) is 2.68. The Labute approximate surface area is 93.7 Å². The third-order valence-electron chi connectivity index (χ3n) is 2.44. The molecule has 0 amide bonds. The predicted molar refractivity (Wildman–Crippen MR) is 64.0 cm³/mol. The van der Waals surface area contributed by atoms with Crippen LogP contribution in [0.1, 0.15) is 0 Å². The molecular weight excluding hydrogens is 222 g/mol. The van der Waals surface area contributed by atoms with Crippen molar-refractivity contribution in [2.75, 3.05) is 0 Å². The van der Waals surface area contributed by atoms with Gasteiger partial charge >= 0.3 is 0 Å². The molecule has 1 aliphatic heterocycles. The zero-order valence-electron chi connectivity index (χ0n) is 8.19. The maximum atomic E-state index is 11.6. The first kappa shape index (κ1) is 9.30. The first-order valence-electron chi connectivity index (χ1n) is 4.80. The molecule has 1 aliphatic carbocycles. The minimum absolute atomic E-state index is 0.426. The average Bonchev–Trinajstić information content (AvgIpc) is 2.32. The highest BCUT2D eigenvalue weighted by Crippen LogP contribution is 2.15. The average molecular weight is 229 g/mol. The van der Waals surface area contributed by atoms with Gasteiger partial charge in [-0.1, -0.05) is 12.1 Å². The lowest BCUT2D eigenvalue weighted by Gasteiger charge is -1.97. The second kappa shape index (κ2) is 3.28. The van der Waals surface area contributed by atoms with Gasteiger partial charge in [-0.05, 0) is 24.3 Å². The molecule has 78 valence electrons. The Balaban J connectivity index is 2.70. The van der Waals surface area contributed by atoms with E-state index in [0.29, 0.717) is 9.88 Å². The SMILES string of the molecule is O=c1ccc2[nH]c3ccccc3sc=2c1=O. The highest BCUT2D eigenvalue weighted by Gasteiger charge is 2.01. The van der Waals surface area contributed by atoms with Crippen LogP contribution < -0.4 is 10.9 Å². The summed E-state index contributed by atoms with van der Waals surface area (Å²) >= 11 is 1.35. The number of aromatic amines is 1.